The Morgan fingerprint density at radius 2 is 1.83 bits per heavy atom. The Morgan fingerprint density at radius 1 is 1.11 bits per heavy atom. The third-order valence-electron chi connectivity index (χ3n) is 6.64. The summed E-state index contributed by atoms with van der Waals surface area (Å²) in [4.78, 5) is 4.28. The number of piperazine rings is 1. The van der Waals surface area contributed by atoms with E-state index in [0.29, 0.717) is 29.6 Å². The molecular weight excluding hydrogens is 503 g/mol. The van der Waals surface area contributed by atoms with Crippen molar-refractivity contribution in [3.63, 3.8) is 0 Å². The molecule has 194 valence electrons. The fraction of sp³-hybridized carbons (Fsp3) is 0.565. The first kappa shape index (κ1) is 26.4. The number of ether oxygens (including phenoxy) is 1. The van der Waals surface area contributed by atoms with Crippen molar-refractivity contribution < 1.29 is 31.4 Å². The molecule has 0 amide bonds. The molecule has 0 bridgehead atoms. The van der Waals surface area contributed by atoms with Gasteiger partial charge in [0, 0.05) is 45.0 Å². The van der Waals surface area contributed by atoms with Crippen molar-refractivity contribution in [3.05, 3.63) is 47.3 Å². The number of morpholine rings is 1. The molecule has 2 saturated heterocycles. The lowest BCUT2D eigenvalue weighted by atomic mass is 9.95. The summed E-state index contributed by atoms with van der Waals surface area (Å²) in [7, 11) is -3.63. The fourth-order valence-electron chi connectivity index (χ4n) is 4.57. The van der Waals surface area contributed by atoms with Crippen LogP contribution in [0, 0.1) is 0 Å². The van der Waals surface area contributed by atoms with Crippen LogP contribution in [0.1, 0.15) is 19.4 Å². The van der Waals surface area contributed by atoms with Crippen LogP contribution in [0.25, 0.3) is 0 Å². The van der Waals surface area contributed by atoms with Crippen LogP contribution in [-0.4, -0.2) is 86.9 Å². The minimum absolute atomic E-state index is 0.0654. The smallest absolute Gasteiger partial charge is 0.376 e. The first-order valence-corrected chi connectivity index (χ1v) is 13.8. The van der Waals surface area contributed by atoms with E-state index in [-0.39, 0.29) is 30.8 Å². The summed E-state index contributed by atoms with van der Waals surface area (Å²) in [6, 6.07) is 8.78. The highest BCUT2D eigenvalue weighted by atomic mass is 32.2. The maximum Gasteiger partial charge on any atom is 0.421 e. The summed E-state index contributed by atoms with van der Waals surface area (Å²) < 4.78 is 73.6. The average Bonchev–Trinajstić information content (AvgIpc) is 3.34. The van der Waals surface area contributed by atoms with Gasteiger partial charge in [0.25, 0.3) is 10.0 Å². The molecule has 3 heterocycles. The van der Waals surface area contributed by atoms with Crippen molar-refractivity contribution in [3.8, 4) is 0 Å². The van der Waals surface area contributed by atoms with Gasteiger partial charge in [-0.05, 0) is 43.0 Å². The number of halogens is 3. The molecule has 12 heteroatoms. The Morgan fingerprint density at radius 3 is 2.43 bits per heavy atom. The van der Waals surface area contributed by atoms with Gasteiger partial charge in [-0.15, -0.1) is 11.3 Å². The molecule has 0 unspecified atom stereocenters. The molecule has 1 aromatic carbocycles. The van der Waals surface area contributed by atoms with E-state index in [4.69, 9.17) is 4.74 Å². The van der Waals surface area contributed by atoms with Gasteiger partial charge < -0.3 is 14.7 Å². The van der Waals surface area contributed by atoms with Gasteiger partial charge >= 0.3 is 6.18 Å². The third kappa shape index (κ3) is 5.52. The maximum atomic E-state index is 13.3. The molecule has 2 aromatic rings. The highest BCUT2D eigenvalue weighted by Crippen LogP contribution is 2.39. The molecule has 0 aliphatic carbocycles. The van der Waals surface area contributed by atoms with Gasteiger partial charge in [-0.25, -0.2) is 8.42 Å². The summed E-state index contributed by atoms with van der Waals surface area (Å²) >= 11 is 1.18. The van der Waals surface area contributed by atoms with Crippen LogP contribution < -0.4 is 4.90 Å². The largest absolute Gasteiger partial charge is 0.421 e. The number of rotatable bonds is 6. The lowest BCUT2D eigenvalue weighted by Crippen LogP contribution is -2.59. The van der Waals surface area contributed by atoms with Crippen molar-refractivity contribution in [2.75, 3.05) is 50.8 Å². The number of sulfonamides is 1. The minimum Gasteiger partial charge on any atom is -0.376 e. The average molecular weight is 534 g/mol. The molecule has 0 saturated carbocycles. The van der Waals surface area contributed by atoms with Gasteiger partial charge in [0.1, 0.15) is 4.21 Å². The molecule has 35 heavy (non-hydrogen) atoms. The van der Waals surface area contributed by atoms with Crippen molar-refractivity contribution in [2.24, 2.45) is 0 Å². The van der Waals surface area contributed by atoms with Gasteiger partial charge in [0.05, 0.1) is 18.8 Å². The molecule has 1 aromatic heterocycles. The zero-order chi connectivity index (χ0) is 25.4. The zero-order valence-corrected chi connectivity index (χ0v) is 21.2. The zero-order valence-electron chi connectivity index (χ0n) is 19.6. The van der Waals surface area contributed by atoms with Gasteiger partial charge in [-0.2, -0.15) is 17.5 Å². The summed E-state index contributed by atoms with van der Waals surface area (Å²) in [5, 5.41) is 11.7. The van der Waals surface area contributed by atoms with Crippen molar-refractivity contribution in [1.82, 2.24) is 9.21 Å². The summed E-state index contributed by atoms with van der Waals surface area (Å²) in [5.74, 6) is 0. The van der Waals surface area contributed by atoms with Crippen LogP contribution in [0.5, 0.6) is 0 Å². The van der Waals surface area contributed by atoms with Gasteiger partial charge in [-0.3, -0.25) is 4.90 Å². The van der Waals surface area contributed by atoms with Crippen molar-refractivity contribution in [1.29, 1.82) is 0 Å². The number of aliphatic hydroxyl groups is 1. The second kappa shape index (κ2) is 9.98. The normalized spacial score (nSPS) is 24.9. The number of hydrogen-bond donors (Lipinski definition) is 1. The topological polar surface area (TPSA) is 73.3 Å². The molecule has 2 aliphatic heterocycles. The summed E-state index contributed by atoms with van der Waals surface area (Å²) in [6.07, 6.45) is -4.73. The molecule has 7 nitrogen and oxygen atoms in total. The monoisotopic (exact) mass is 533 g/mol. The van der Waals surface area contributed by atoms with Crippen molar-refractivity contribution in [2.45, 2.75) is 42.0 Å². The summed E-state index contributed by atoms with van der Waals surface area (Å²) in [5.41, 5.74) is -2.51. The van der Waals surface area contributed by atoms with E-state index < -0.39 is 21.8 Å². The molecule has 3 atom stereocenters. The van der Waals surface area contributed by atoms with Crippen LogP contribution in [-0.2, 0) is 20.4 Å². The van der Waals surface area contributed by atoms with Gasteiger partial charge in [-0.1, -0.05) is 18.2 Å². The fourth-order valence-corrected chi connectivity index (χ4v) is 7.19. The van der Waals surface area contributed by atoms with E-state index in [0.717, 1.165) is 20.0 Å². The summed E-state index contributed by atoms with van der Waals surface area (Å²) in [6.45, 7) is 6.26. The number of hydrogen-bond acceptors (Lipinski definition) is 7. The van der Waals surface area contributed by atoms with Crippen LogP contribution >= 0.6 is 11.3 Å². The van der Waals surface area contributed by atoms with E-state index >= 15 is 0 Å². The Hall–Kier alpha value is -1.70. The van der Waals surface area contributed by atoms with Gasteiger partial charge in [0.2, 0.25) is 0 Å². The van der Waals surface area contributed by atoms with E-state index in [1.165, 1.54) is 27.8 Å². The second-order valence-corrected chi connectivity index (χ2v) is 12.3. The molecular formula is C23H30F3N3O4S2. The van der Waals surface area contributed by atoms with E-state index in [1.54, 1.807) is 29.6 Å². The van der Waals surface area contributed by atoms with E-state index in [9.17, 15) is 26.7 Å². The number of benzene rings is 1. The number of alkyl halides is 3. The Kier molecular flexibility index (Phi) is 7.52. The van der Waals surface area contributed by atoms with Crippen LogP contribution in [0.2, 0.25) is 0 Å². The highest BCUT2D eigenvalue weighted by molar-refractivity contribution is 7.91. The standard InChI is InChI=1S/C23H30F3N3O4S2/c1-17-14-27(11-12-33-17)15-20-16-28(35(31,32)21-4-3-13-34-21)9-10-29(20)19-7-5-18(6-8-19)22(2,30)23(24,25)26/h3-8,13,17,20,30H,9-12,14-16H2,1-2H3/t17-,20+,22-/m0/s1. The highest BCUT2D eigenvalue weighted by Gasteiger charge is 2.51. The molecule has 2 aliphatic rings. The van der Waals surface area contributed by atoms with Crippen LogP contribution in [0.3, 0.4) is 0 Å². The maximum absolute atomic E-state index is 13.3. The third-order valence-corrected chi connectivity index (χ3v) is 9.88. The molecule has 1 N–H and O–H groups in total. The minimum atomic E-state index is -4.80. The first-order valence-electron chi connectivity index (χ1n) is 11.4. The lowest BCUT2D eigenvalue weighted by molar-refractivity contribution is -0.258. The van der Waals surface area contributed by atoms with Crippen LogP contribution in [0.4, 0.5) is 18.9 Å². The van der Waals surface area contributed by atoms with E-state index in [2.05, 4.69) is 4.90 Å². The van der Waals surface area contributed by atoms with Crippen molar-refractivity contribution >= 4 is 27.0 Å². The Bertz CT molecular complexity index is 1090. The number of nitrogens with zero attached hydrogens (tertiary/aromatic N) is 3. The van der Waals surface area contributed by atoms with Gasteiger partial charge in [0.15, 0.2) is 5.60 Å². The van der Waals surface area contributed by atoms with E-state index in [1.807, 2.05) is 11.8 Å². The molecule has 0 radical (unpaired) electrons. The molecule has 4 rings (SSSR count). The SMILES string of the molecule is C[C@H]1CN(C[C@@H]2CN(S(=O)(=O)c3cccs3)CCN2c2ccc([C@](C)(O)C(F)(F)F)cc2)CCO1. The number of thiophene rings is 1. The first-order chi connectivity index (χ1) is 16.4. The lowest BCUT2D eigenvalue weighted by Gasteiger charge is -2.45. The molecule has 0 spiro atoms. The van der Waals surface area contributed by atoms with Crippen LogP contribution in [0.15, 0.2) is 46.0 Å². The second-order valence-electron chi connectivity index (χ2n) is 9.20. The predicted molar refractivity (Wildman–Crippen MR) is 128 cm³/mol. The number of anilines is 1. The predicted octanol–water partition coefficient (Wildman–Crippen LogP) is 3.12. The Balaban J connectivity index is 1.59. The Labute approximate surface area is 207 Å². The quantitative estimate of drug-likeness (QED) is 0.615. The molecule has 2 fully saturated rings.